The number of nitrogens with one attached hydrogen (secondary N) is 2. The second-order valence-corrected chi connectivity index (χ2v) is 8.82. The lowest BCUT2D eigenvalue weighted by Gasteiger charge is -2.29. The smallest absolute Gasteiger partial charge is 0.253 e. The second kappa shape index (κ2) is 12.0. The number of para-hydroxylation sites is 2. The van der Waals surface area contributed by atoms with Gasteiger partial charge in [0.2, 0.25) is 0 Å². The molecule has 8 nitrogen and oxygen atoms in total. The van der Waals surface area contributed by atoms with Gasteiger partial charge < -0.3 is 29.4 Å². The van der Waals surface area contributed by atoms with Crippen LogP contribution in [-0.2, 0) is 11.3 Å². The van der Waals surface area contributed by atoms with Crippen LogP contribution in [0, 0.1) is 0 Å². The highest BCUT2D eigenvalue weighted by Crippen LogP contribution is 2.24. The first kappa shape index (κ1) is 25.0. The number of anilines is 1. The average Bonchev–Trinajstić information content (AvgIpc) is 2.89. The summed E-state index contributed by atoms with van der Waals surface area (Å²) in [5.74, 6) is 1.41. The Balaban J connectivity index is 1.53. The highest BCUT2D eigenvalue weighted by Gasteiger charge is 2.17. The predicted octanol–water partition coefficient (Wildman–Crippen LogP) is 3.47. The molecule has 0 radical (unpaired) electrons. The molecule has 3 aromatic rings. The number of rotatable bonds is 9. The number of hydrogen-bond donors (Lipinski definition) is 2. The first-order valence-electron chi connectivity index (χ1n) is 11.8. The number of nitrogens with zero attached hydrogens (tertiary/aromatic N) is 2. The predicted molar refractivity (Wildman–Crippen MR) is 143 cm³/mol. The number of benzene rings is 2. The first-order valence-corrected chi connectivity index (χ1v) is 12.2. The van der Waals surface area contributed by atoms with Crippen LogP contribution in [0.5, 0.6) is 11.5 Å². The van der Waals surface area contributed by atoms with Gasteiger partial charge in [-0.05, 0) is 54.4 Å². The van der Waals surface area contributed by atoms with Crippen LogP contribution >= 0.6 is 12.2 Å². The van der Waals surface area contributed by atoms with E-state index in [1.165, 1.54) is 0 Å². The van der Waals surface area contributed by atoms with E-state index in [0.29, 0.717) is 35.3 Å². The van der Waals surface area contributed by atoms with Gasteiger partial charge in [-0.1, -0.05) is 12.1 Å². The van der Waals surface area contributed by atoms with E-state index in [2.05, 4.69) is 15.2 Å². The largest absolute Gasteiger partial charge is 0.497 e. The van der Waals surface area contributed by atoms with Crippen molar-refractivity contribution in [2.45, 2.75) is 13.0 Å². The fourth-order valence-corrected chi connectivity index (χ4v) is 4.45. The molecule has 1 saturated heterocycles. The quantitative estimate of drug-likeness (QED) is 0.436. The molecule has 0 atom stereocenters. The Morgan fingerprint density at radius 3 is 2.71 bits per heavy atom. The lowest BCUT2D eigenvalue weighted by molar-refractivity contribution is 0.0367. The minimum absolute atomic E-state index is 0.135. The maximum absolute atomic E-state index is 12.9. The lowest BCUT2D eigenvalue weighted by atomic mass is 10.1. The maximum Gasteiger partial charge on any atom is 0.253 e. The summed E-state index contributed by atoms with van der Waals surface area (Å²) < 4.78 is 16.2. The van der Waals surface area contributed by atoms with Gasteiger partial charge >= 0.3 is 0 Å². The van der Waals surface area contributed by atoms with Gasteiger partial charge in [0, 0.05) is 37.8 Å². The van der Waals surface area contributed by atoms with Gasteiger partial charge in [0.15, 0.2) is 5.11 Å². The molecule has 2 aromatic carbocycles. The monoisotopic (exact) mass is 496 g/mol. The van der Waals surface area contributed by atoms with Gasteiger partial charge in [-0.3, -0.25) is 9.69 Å². The standard InChI is InChI=1S/C26H32N4O4S/c1-32-21-9-8-19-16-20(25(31)27-23(19)17-21)18-30(11-5-10-29-12-14-34-15-13-29)26(35)28-22-6-3-4-7-24(22)33-2/h3-4,6-9,16-17H,5,10-15,18H2,1-2H3,(H,27,31)(H,28,35). The van der Waals surface area contributed by atoms with E-state index in [9.17, 15) is 4.79 Å². The highest BCUT2D eigenvalue weighted by molar-refractivity contribution is 7.80. The second-order valence-electron chi connectivity index (χ2n) is 8.44. The first-order chi connectivity index (χ1) is 17.1. The summed E-state index contributed by atoms with van der Waals surface area (Å²) in [7, 11) is 3.24. The molecule has 0 bridgehead atoms. The number of thiocarbonyl (C=S) groups is 1. The zero-order chi connectivity index (χ0) is 24.6. The van der Waals surface area contributed by atoms with E-state index in [1.54, 1.807) is 14.2 Å². The summed E-state index contributed by atoms with van der Waals surface area (Å²) in [6.45, 7) is 5.48. The number of methoxy groups -OCH3 is 2. The molecular weight excluding hydrogens is 464 g/mol. The van der Waals surface area contributed by atoms with E-state index in [4.69, 9.17) is 26.4 Å². The molecule has 186 valence electrons. The number of pyridine rings is 1. The summed E-state index contributed by atoms with van der Waals surface area (Å²) in [6.07, 6.45) is 0.913. The molecule has 4 rings (SSSR count). The Morgan fingerprint density at radius 2 is 1.94 bits per heavy atom. The lowest BCUT2D eigenvalue weighted by Crippen LogP contribution is -2.40. The molecule has 0 amide bonds. The molecule has 0 aliphatic carbocycles. The molecule has 35 heavy (non-hydrogen) atoms. The molecule has 2 N–H and O–H groups in total. The van der Waals surface area contributed by atoms with Gasteiger partial charge in [-0.25, -0.2) is 0 Å². The number of hydrogen-bond acceptors (Lipinski definition) is 6. The van der Waals surface area contributed by atoms with Crippen LogP contribution in [0.1, 0.15) is 12.0 Å². The fraction of sp³-hybridized carbons (Fsp3) is 0.385. The normalized spacial score (nSPS) is 14.0. The van der Waals surface area contributed by atoms with Crippen molar-refractivity contribution >= 4 is 33.9 Å². The Hall–Kier alpha value is -3.14. The van der Waals surface area contributed by atoms with Crippen molar-refractivity contribution in [3.05, 3.63) is 64.4 Å². The molecule has 1 aliphatic heterocycles. The number of H-pyrrole nitrogens is 1. The number of fused-ring (bicyclic) bond motifs is 1. The van der Waals surface area contributed by atoms with Crippen molar-refractivity contribution in [2.75, 3.05) is 58.9 Å². The van der Waals surface area contributed by atoms with Gasteiger partial charge in [0.25, 0.3) is 5.56 Å². The van der Waals surface area contributed by atoms with Gasteiger partial charge in [-0.15, -0.1) is 0 Å². The molecule has 9 heteroatoms. The maximum atomic E-state index is 12.9. The van der Waals surface area contributed by atoms with Crippen LogP contribution in [0.25, 0.3) is 10.9 Å². The van der Waals surface area contributed by atoms with E-state index < -0.39 is 0 Å². The number of aromatic nitrogens is 1. The van der Waals surface area contributed by atoms with E-state index in [-0.39, 0.29) is 5.56 Å². The van der Waals surface area contributed by atoms with Gasteiger partial charge in [0.1, 0.15) is 11.5 Å². The van der Waals surface area contributed by atoms with Crippen molar-refractivity contribution in [1.82, 2.24) is 14.8 Å². The van der Waals surface area contributed by atoms with Crippen LogP contribution in [-0.4, -0.2) is 73.5 Å². The summed E-state index contributed by atoms with van der Waals surface area (Å²) in [5.41, 5.74) is 2.05. The number of aromatic amines is 1. The third-order valence-corrected chi connectivity index (χ3v) is 6.49. The number of morpholine rings is 1. The van der Waals surface area contributed by atoms with Crippen molar-refractivity contribution in [3.8, 4) is 11.5 Å². The third kappa shape index (κ3) is 6.50. The molecule has 0 saturated carbocycles. The molecular formula is C26H32N4O4S. The zero-order valence-electron chi connectivity index (χ0n) is 20.2. The van der Waals surface area contributed by atoms with E-state index in [1.807, 2.05) is 53.4 Å². The Kier molecular flexibility index (Phi) is 8.57. The van der Waals surface area contributed by atoms with Crippen LogP contribution in [0.15, 0.2) is 53.3 Å². The molecule has 0 spiro atoms. The molecule has 1 fully saturated rings. The topological polar surface area (TPSA) is 79.1 Å². The summed E-state index contributed by atoms with van der Waals surface area (Å²) >= 11 is 5.80. The Bertz CT molecular complexity index is 1210. The Morgan fingerprint density at radius 1 is 1.14 bits per heavy atom. The fourth-order valence-electron chi connectivity index (χ4n) is 4.18. The van der Waals surface area contributed by atoms with Crippen LogP contribution < -0.4 is 20.3 Å². The highest BCUT2D eigenvalue weighted by atomic mass is 32.1. The van der Waals surface area contributed by atoms with Crippen LogP contribution in [0.3, 0.4) is 0 Å². The van der Waals surface area contributed by atoms with E-state index in [0.717, 1.165) is 55.9 Å². The number of ether oxygens (including phenoxy) is 3. The molecule has 0 unspecified atom stereocenters. The van der Waals surface area contributed by atoms with Crippen molar-refractivity contribution in [1.29, 1.82) is 0 Å². The van der Waals surface area contributed by atoms with Gasteiger partial charge in [-0.2, -0.15) is 0 Å². The summed E-state index contributed by atoms with van der Waals surface area (Å²) in [6, 6.07) is 15.2. The average molecular weight is 497 g/mol. The van der Waals surface area contributed by atoms with Gasteiger partial charge in [0.05, 0.1) is 45.2 Å². The zero-order valence-corrected chi connectivity index (χ0v) is 21.0. The van der Waals surface area contributed by atoms with Crippen molar-refractivity contribution < 1.29 is 14.2 Å². The molecule has 1 aliphatic rings. The minimum atomic E-state index is -0.135. The van der Waals surface area contributed by atoms with Crippen LogP contribution in [0.4, 0.5) is 5.69 Å². The van der Waals surface area contributed by atoms with E-state index >= 15 is 0 Å². The summed E-state index contributed by atoms with van der Waals surface area (Å²) in [4.78, 5) is 20.4. The van der Waals surface area contributed by atoms with Crippen molar-refractivity contribution in [2.24, 2.45) is 0 Å². The molecule has 2 heterocycles. The summed E-state index contributed by atoms with van der Waals surface area (Å²) in [5, 5.41) is 4.80. The SMILES string of the molecule is COc1ccc2cc(CN(CCCN3CCOCC3)C(=S)Nc3ccccc3OC)c(=O)[nH]c2c1. The van der Waals surface area contributed by atoms with Crippen molar-refractivity contribution in [3.63, 3.8) is 0 Å². The molecule has 1 aromatic heterocycles. The minimum Gasteiger partial charge on any atom is -0.497 e. The Labute approximate surface area is 210 Å². The third-order valence-electron chi connectivity index (χ3n) is 6.13. The van der Waals surface area contributed by atoms with Crippen LogP contribution in [0.2, 0.25) is 0 Å².